The van der Waals surface area contributed by atoms with E-state index in [1.165, 1.54) is 0 Å². The van der Waals surface area contributed by atoms with Crippen LogP contribution in [0.25, 0.3) is 0 Å². The summed E-state index contributed by atoms with van der Waals surface area (Å²) in [5, 5.41) is 9.10. The van der Waals surface area contributed by atoms with Gasteiger partial charge in [-0.25, -0.2) is 0 Å². The zero-order chi connectivity index (χ0) is 16.3. The van der Waals surface area contributed by atoms with Crippen LogP contribution < -0.4 is 0 Å². The maximum Gasteiger partial charge on any atom is 0.248 e. The minimum Gasteiger partial charge on any atom is -0.387 e. The van der Waals surface area contributed by atoms with Crippen molar-refractivity contribution in [3.63, 3.8) is 0 Å². The number of aliphatic hydroxyl groups excluding tert-OH is 1. The molecule has 1 atom stereocenters. The molecule has 2 amide bonds. The number of aliphatic hydroxyl groups is 1. The lowest BCUT2D eigenvalue weighted by atomic mass is 9.73. The van der Waals surface area contributed by atoms with Crippen LogP contribution >= 0.6 is 0 Å². The number of nitrogens with zero attached hydrogens (tertiary/aromatic N) is 3. The zero-order valence-electron chi connectivity index (χ0n) is 13.3. The molecule has 1 aromatic heterocycles. The van der Waals surface area contributed by atoms with Gasteiger partial charge in [-0.05, 0) is 30.9 Å². The lowest BCUT2D eigenvalue weighted by Gasteiger charge is -2.48. The first-order valence-electron chi connectivity index (χ1n) is 8.17. The van der Waals surface area contributed by atoms with Gasteiger partial charge in [-0.3, -0.25) is 14.6 Å². The van der Waals surface area contributed by atoms with Crippen molar-refractivity contribution < 1.29 is 14.7 Å². The summed E-state index contributed by atoms with van der Waals surface area (Å²) < 4.78 is 0. The average molecular weight is 317 g/mol. The Morgan fingerprint density at radius 1 is 1.35 bits per heavy atom. The molecule has 0 aliphatic carbocycles. The van der Waals surface area contributed by atoms with E-state index >= 15 is 0 Å². The number of carbonyl (C=O) groups excluding carboxylic acids is 2. The van der Waals surface area contributed by atoms with Crippen molar-refractivity contribution in [2.75, 3.05) is 26.2 Å². The van der Waals surface area contributed by atoms with E-state index in [1.54, 1.807) is 17.3 Å². The number of carbonyl (C=O) groups is 2. The van der Waals surface area contributed by atoms with Crippen LogP contribution in [0.15, 0.2) is 24.5 Å². The minimum atomic E-state index is -0.436. The molecule has 6 nitrogen and oxygen atoms in total. The number of piperidine rings is 2. The van der Waals surface area contributed by atoms with Gasteiger partial charge in [-0.15, -0.1) is 0 Å². The molecular formula is C17H23N3O3. The van der Waals surface area contributed by atoms with Gasteiger partial charge < -0.3 is 14.9 Å². The van der Waals surface area contributed by atoms with Gasteiger partial charge in [0, 0.05) is 50.4 Å². The van der Waals surface area contributed by atoms with Crippen LogP contribution in [0.3, 0.4) is 0 Å². The van der Waals surface area contributed by atoms with Crippen molar-refractivity contribution in [1.29, 1.82) is 0 Å². The Balaban J connectivity index is 1.71. The molecule has 1 N–H and O–H groups in total. The Labute approximate surface area is 136 Å². The molecule has 3 rings (SSSR count). The number of aromatic nitrogens is 1. The van der Waals surface area contributed by atoms with Gasteiger partial charge in [0.2, 0.25) is 11.8 Å². The number of likely N-dealkylation sites (tertiary alicyclic amines) is 2. The van der Waals surface area contributed by atoms with Crippen LogP contribution in [-0.4, -0.2) is 57.9 Å². The van der Waals surface area contributed by atoms with Crippen molar-refractivity contribution in [3.05, 3.63) is 30.1 Å². The maximum absolute atomic E-state index is 12.3. The fourth-order valence-electron chi connectivity index (χ4n) is 3.81. The van der Waals surface area contributed by atoms with Gasteiger partial charge in [0.05, 0.1) is 0 Å². The van der Waals surface area contributed by atoms with Crippen molar-refractivity contribution in [2.45, 2.75) is 32.2 Å². The molecule has 2 aliphatic rings. The Bertz CT molecular complexity index is 578. The Hall–Kier alpha value is -1.95. The van der Waals surface area contributed by atoms with Crippen LogP contribution in [0, 0.1) is 5.41 Å². The SMILES string of the molecule is O=C(CO)N1CCCC2(CCC(=O)N(Cc3cccnc3)C2)C1. The quantitative estimate of drug-likeness (QED) is 0.895. The summed E-state index contributed by atoms with van der Waals surface area (Å²) in [6.45, 7) is 2.16. The summed E-state index contributed by atoms with van der Waals surface area (Å²) in [6, 6.07) is 3.85. The monoisotopic (exact) mass is 317 g/mol. The van der Waals surface area contributed by atoms with E-state index in [1.807, 2.05) is 17.0 Å². The Morgan fingerprint density at radius 3 is 2.96 bits per heavy atom. The smallest absolute Gasteiger partial charge is 0.248 e. The molecular weight excluding hydrogens is 294 g/mol. The van der Waals surface area contributed by atoms with E-state index in [0.717, 1.165) is 24.8 Å². The van der Waals surface area contributed by atoms with Crippen molar-refractivity contribution in [1.82, 2.24) is 14.8 Å². The molecule has 3 heterocycles. The number of amides is 2. The third-order valence-electron chi connectivity index (χ3n) is 4.99. The molecule has 0 aromatic carbocycles. The van der Waals surface area contributed by atoms with Gasteiger partial charge in [-0.2, -0.15) is 0 Å². The highest BCUT2D eigenvalue weighted by Crippen LogP contribution is 2.39. The molecule has 6 heteroatoms. The predicted molar refractivity (Wildman–Crippen MR) is 84.2 cm³/mol. The summed E-state index contributed by atoms with van der Waals surface area (Å²) in [6.07, 6.45) is 6.82. The molecule has 0 radical (unpaired) electrons. The van der Waals surface area contributed by atoms with E-state index in [4.69, 9.17) is 5.11 Å². The average Bonchev–Trinajstić information content (AvgIpc) is 2.59. The van der Waals surface area contributed by atoms with Crippen LogP contribution in [0.4, 0.5) is 0 Å². The standard InChI is InChI=1S/C17H23N3O3/c21-11-16(23)19-8-2-5-17(12-19)6-4-15(22)20(13-17)10-14-3-1-7-18-9-14/h1,3,7,9,21H,2,4-6,8,10-13H2. The first-order valence-corrected chi connectivity index (χ1v) is 8.17. The van der Waals surface area contributed by atoms with E-state index in [9.17, 15) is 9.59 Å². The lowest BCUT2D eigenvalue weighted by molar-refractivity contribution is -0.144. The van der Waals surface area contributed by atoms with E-state index in [-0.39, 0.29) is 17.2 Å². The van der Waals surface area contributed by atoms with Gasteiger partial charge in [0.25, 0.3) is 0 Å². The van der Waals surface area contributed by atoms with Crippen molar-refractivity contribution >= 4 is 11.8 Å². The number of rotatable bonds is 3. The highest BCUT2D eigenvalue weighted by atomic mass is 16.3. The molecule has 2 saturated heterocycles. The predicted octanol–water partition coefficient (Wildman–Crippen LogP) is 0.805. The van der Waals surface area contributed by atoms with Gasteiger partial charge in [0.1, 0.15) is 6.61 Å². The summed E-state index contributed by atoms with van der Waals surface area (Å²) in [7, 11) is 0. The number of pyridine rings is 1. The maximum atomic E-state index is 12.3. The van der Waals surface area contributed by atoms with Crippen molar-refractivity contribution in [3.8, 4) is 0 Å². The second-order valence-electron chi connectivity index (χ2n) is 6.69. The van der Waals surface area contributed by atoms with E-state index in [2.05, 4.69) is 4.98 Å². The van der Waals surface area contributed by atoms with E-state index in [0.29, 0.717) is 32.6 Å². The molecule has 2 fully saturated rings. The second kappa shape index (κ2) is 6.66. The molecule has 23 heavy (non-hydrogen) atoms. The summed E-state index contributed by atoms with van der Waals surface area (Å²) in [4.78, 5) is 31.9. The fraction of sp³-hybridized carbons (Fsp3) is 0.588. The third-order valence-corrected chi connectivity index (χ3v) is 4.99. The Kier molecular flexibility index (Phi) is 4.61. The van der Waals surface area contributed by atoms with Gasteiger partial charge in [0.15, 0.2) is 0 Å². The highest BCUT2D eigenvalue weighted by Gasteiger charge is 2.42. The largest absolute Gasteiger partial charge is 0.387 e. The summed E-state index contributed by atoms with van der Waals surface area (Å²) in [5.74, 6) is -0.0372. The zero-order valence-corrected chi connectivity index (χ0v) is 13.3. The van der Waals surface area contributed by atoms with Crippen LogP contribution in [0.2, 0.25) is 0 Å². The first kappa shape index (κ1) is 15.9. The lowest BCUT2D eigenvalue weighted by Crippen LogP contribution is -2.55. The summed E-state index contributed by atoms with van der Waals surface area (Å²) >= 11 is 0. The topological polar surface area (TPSA) is 73.7 Å². The first-order chi connectivity index (χ1) is 11.1. The highest BCUT2D eigenvalue weighted by molar-refractivity contribution is 5.78. The van der Waals surface area contributed by atoms with Crippen molar-refractivity contribution in [2.24, 2.45) is 5.41 Å². The molecule has 1 spiro atoms. The van der Waals surface area contributed by atoms with E-state index < -0.39 is 6.61 Å². The van der Waals surface area contributed by atoms with Gasteiger partial charge >= 0.3 is 0 Å². The Morgan fingerprint density at radius 2 is 2.22 bits per heavy atom. The molecule has 1 aromatic rings. The molecule has 0 saturated carbocycles. The summed E-state index contributed by atoms with van der Waals surface area (Å²) in [5.41, 5.74) is 0.996. The molecule has 124 valence electrons. The normalized spacial score (nSPS) is 25.0. The number of hydrogen-bond donors (Lipinski definition) is 1. The minimum absolute atomic E-state index is 0.0286. The van der Waals surface area contributed by atoms with Gasteiger partial charge in [-0.1, -0.05) is 6.07 Å². The molecule has 0 bridgehead atoms. The van der Waals surface area contributed by atoms with Crippen LogP contribution in [-0.2, 0) is 16.1 Å². The molecule has 2 aliphatic heterocycles. The molecule has 1 unspecified atom stereocenters. The third kappa shape index (κ3) is 3.52. The number of hydrogen-bond acceptors (Lipinski definition) is 4. The van der Waals surface area contributed by atoms with Crippen LogP contribution in [0.5, 0.6) is 0 Å². The second-order valence-corrected chi connectivity index (χ2v) is 6.69. The van der Waals surface area contributed by atoms with Crippen LogP contribution in [0.1, 0.15) is 31.2 Å². The fourth-order valence-corrected chi connectivity index (χ4v) is 3.81.